The highest BCUT2D eigenvalue weighted by atomic mass is 16.5. The summed E-state index contributed by atoms with van der Waals surface area (Å²) >= 11 is 0. The van der Waals surface area contributed by atoms with Gasteiger partial charge in [0.2, 0.25) is 0 Å². The lowest BCUT2D eigenvalue weighted by Gasteiger charge is -2.15. The minimum Gasteiger partial charge on any atom is -0.381 e. The van der Waals surface area contributed by atoms with E-state index in [0.29, 0.717) is 0 Å². The first-order chi connectivity index (χ1) is 6.36. The molecule has 0 aromatic rings. The zero-order valence-electron chi connectivity index (χ0n) is 8.59. The van der Waals surface area contributed by atoms with E-state index in [4.69, 9.17) is 4.74 Å². The van der Waals surface area contributed by atoms with Crippen LogP contribution in [0.5, 0.6) is 0 Å². The molecular weight excluding hydrogens is 162 g/mol. The van der Waals surface area contributed by atoms with Crippen molar-refractivity contribution < 1.29 is 4.74 Å². The Morgan fingerprint density at radius 1 is 1.31 bits per heavy atom. The molecule has 1 heterocycles. The van der Waals surface area contributed by atoms with Gasteiger partial charge in [0, 0.05) is 19.3 Å². The Balaban J connectivity index is 1.62. The van der Waals surface area contributed by atoms with Crippen molar-refractivity contribution in [2.75, 3.05) is 19.8 Å². The summed E-state index contributed by atoms with van der Waals surface area (Å²) in [7, 11) is 0. The molecule has 1 aliphatic heterocycles. The smallest absolute Gasteiger partial charge is 0.0480 e. The van der Waals surface area contributed by atoms with Crippen molar-refractivity contribution in [3.05, 3.63) is 0 Å². The Labute approximate surface area is 81.0 Å². The fourth-order valence-electron chi connectivity index (χ4n) is 2.11. The molecule has 1 saturated carbocycles. The lowest BCUT2D eigenvalue weighted by Crippen LogP contribution is -2.31. The van der Waals surface area contributed by atoms with E-state index >= 15 is 0 Å². The predicted octanol–water partition coefficient (Wildman–Crippen LogP) is 1.80. The second kappa shape index (κ2) is 4.43. The largest absolute Gasteiger partial charge is 0.381 e. The molecule has 2 nitrogen and oxygen atoms in total. The van der Waals surface area contributed by atoms with Gasteiger partial charge in [-0.3, -0.25) is 0 Å². The van der Waals surface area contributed by atoms with Crippen molar-refractivity contribution in [2.45, 2.75) is 38.6 Å². The van der Waals surface area contributed by atoms with Gasteiger partial charge in [0.25, 0.3) is 0 Å². The standard InChI is InChI=1S/C11H21NO/c1-9-7-10(9)8-12-11-3-2-5-13-6-4-11/h9-12H,2-8H2,1H3. The maximum Gasteiger partial charge on any atom is 0.0480 e. The van der Waals surface area contributed by atoms with Crippen LogP contribution in [0.25, 0.3) is 0 Å². The predicted molar refractivity (Wildman–Crippen MR) is 53.7 cm³/mol. The molecule has 2 heteroatoms. The van der Waals surface area contributed by atoms with Gasteiger partial charge in [-0.05, 0) is 44.1 Å². The summed E-state index contributed by atoms with van der Waals surface area (Å²) in [6.07, 6.45) is 5.19. The molecule has 2 fully saturated rings. The summed E-state index contributed by atoms with van der Waals surface area (Å²) in [4.78, 5) is 0. The molecule has 0 amide bonds. The highest BCUT2D eigenvalue weighted by Gasteiger charge is 2.32. The highest BCUT2D eigenvalue weighted by Crippen LogP contribution is 2.36. The van der Waals surface area contributed by atoms with Crippen LogP contribution < -0.4 is 5.32 Å². The maximum absolute atomic E-state index is 5.43. The van der Waals surface area contributed by atoms with E-state index < -0.39 is 0 Å². The zero-order chi connectivity index (χ0) is 9.10. The second-order valence-electron chi connectivity index (χ2n) is 4.62. The average Bonchev–Trinajstić information content (AvgIpc) is 2.85. The van der Waals surface area contributed by atoms with Crippen LogP contribution >= 0.6 is 0 Å². The molecular formula is C11H21NO. The van der Waals surface area contributed by atoms with Crippen LogP contribution in [-0.4, -0.2) is 25.8 Å². The van der Waals surface area contributed by atoms with Gasteiger partial charge in [0.1, 0.15) is 0 Å². The van der Waals surface area contributed by atoms with Crippen molar-refractivity contribution in [3.8, 4) is 0 Å². The minimum absolute atomic E-state index is 0.732. The normalized spacial score (nSPS) is 39.9. The highest BCUT2D eigenvalue weighted by molar-refractivity contribution is 4.85. The van der Waals surface area contributed by atoms with Gasteiger partial charge in [0.15, 0.2) is 0 Å². The van der Waals surface area contributed by atoms with Crippen molar-refractivity contribution in [1.29, 1.82) is 0 Å². The summed E-state index contributed by atoms with van der Waals surface area (Å²) in [5, 5.41) is 3.67. The molecule has 3 atom stereocenters. The molecule has 1 saturated heterocycles. The third-order valence-corrected chi connectivity index (χ3v) is 3.40. The average molecular weight is 183 g/mol. The van der Waals surface area contributed by atoms with E-state index in [0.717, 1.165) is 31.1 Å². The molecule has 0 radical (unpaired) electrons. The van der Waals surface area contributed by atoms with Gasteiger partial charge >= 0.3 is 0 Å². The minimum atomic E-state index is 0.732. The molecule has 1 N–H and O–H groups in total. The summed E-state index contributed by atoms with van der Waals surface area (Å²) in [6, 6.07) is 0.732. The van der Waals surface area contributed by atoms with E-state index in [1.165, 1.54) is 32.2 Å². The zero-order valence-corrected chi connectivity index (χ0v) is 8.59. The molecule has 13 heavy (non-hydrogen) atoms. The Morgan fingerprint density at radius 3 is 2.92 bits per heavy atom. The van der Waals surface area contributed by atoms with Gasteiger partial charge in [-0.2, -0.15) is 0 Å². The number of nitrogens with one attached hydrogen (secondary N) is 1. The topological polar surface area (TPSA) is 21.3 Å². The molecule has 3 unspecified atom stereocenters. The monoisotopic (exact) mass is 183 g/mol. The lowest BCUT2D eigenvalue weighted by molar-refractivity contribution is 0.142. The first-order valence-electron chi connectivity index (χ1n) is 5.67. The van der Waals surface area contributed by atoms with Crippen LogP contribution in [0.15, 0.2) is 0 Å². The Bertz CT molecular complexity index is 152. The molecule has 0 aromatic heterocycles. The summed E-state index contributed by atoms with van der Waals surface area (Å²) in [5.74, 6) is 1.96. The molecule has 2 rings (SSSR count). The summed E-state index contributed by atoms with van der Waals surface area (Å²) in [6.45, 7) is 5.52. The third-order valence-electron chi connectivity index (χ3n) is 3.40. The van der Waals surface area contributed by atoms with Crippen LogP contribution in [0.2, 0.25) is 0 Å². The van der Waals surface area contributed by atoms with Crippen molar-refractivity contribution in [2.24, 2.45) is 11.8 Å². The van der Waals surface area contributed by atoms with E-state index in [1.54, 1.807) is 0 Å². The summed E-state index contributed by atoms with van der Waals surface area (Å²) < 4.78 is 5.43. The third kappa shape index (κ3) is 2.96. The molecule has 0 bridgehead atoms. The fraction of sp³-hybridized carbons (Fsp3) is 1.00. The maximum atomic E-state index is 5.43. The number of hydrogen-bond donors (Lipinski definition) is 1. The van der Waals surface area contributed by atoms with Gasteiger partial charge in [-0.1, -0.05) is 6.92 Å². The lowest BCUT2D eigenvalue weighted by atomic mass is 10.1. The molecule has 2 aliphatic rings. The quantitative estimate of drug-likeness (QED) is 0.720. The van der Waals surface area contributed by atoms with E-state index in [9.17, 15) is 0 Å². The number of ether oxygens (including phenoxy) is 1. The molecule has 0 spiro atoms. The van der Waals surface area contributed by atoms with E-state index in [1.807, 2.05) is 0 Å². The number of rotatable bonds is 3. The SMILES string of the molecule is CC1CC1CNC1CCCOCC1. The molecule has 1 aliphatic carbocycles. The van der Waals surface area contributed by atoms with E-state index in [2.05, 4.69) is 12.2 Å². The fourth-order valence-corrected chi connectivity index (χ4v) is 2.11. The van der Waals surface area contributed by atoms with E-state index in [-0.39, 0.29) is 0 Å². The Kier molecular flexibility index (Phi) is 3.23. The first kappa shape index (κ1) is 9.47. The molecule has 76 valence electrons. The first-order valence-corrected chi connectivity index (χ1v) is 5.67. The van der Waals surface area contributed by atoms with Crippen molar-refractivity contribution >= 4 is 0 Å². The van der Waals surface area contributed by atoms with Gasteiger partial charge < -0.3 is 10.1 Å². The Morgan fingerprint density at radius 2 is 2.15 bits per heavy atom. The second-order valence-corrected chi connectivity index (χ2v) is 4.62. The number of hydrogen-bond acceptors (Lipinski definition) is 2. The van der Waals surface area contributed by atoms with Gasteiger partial charge in [-0.25, -0.2) is 0 Å². The van der Waals surface area contributed by atoms with Crippen LogP contribution in [-0.2, 0) is 4.74 Å². The van der Waals surface area contributed by atoms with Crippen LogP contribution in [0, 0.1) is 11.8 Å². The van der Waals surface area contributed by atoms with Crippen LogP contribution in [0.3, 0.4) is 0 Å². The van der Waals surface area contributed by atoms with Crippen molar-refractivity contribution in [1.82, 2.24) is 5.32 Å². The van der Waals surface area contributed by atoms with Crippen LogP contribution in [0.1, 0.15) is 32.6 Å². The van der Waals surface area contributed by atoms with Gasteiger partial charge in [0.05, 0.1) is 0 Å². The van der Waals surface area contributed by atoms with Gasteiger partial charge in [-0.15, -0.1) is 0 Å². The van der Waals surface area contributed by atoms with Crippen molar-refractivity contribution in [3.63, 3.8) is 0 Å². The summed E-state index contributed by atoms with van der Waals surface area (Å²) in [5.41, 5.74) is 0. The Hall–Kier alpha value is -0.0800. The molecule has 0 aromatic carbocycles. The van der Waals surface area contributed by atoms with Crippen LogP contribution in [0.4, 0.5) is 0 Å².